The van der Waals surface area contributed by atoms with Gasteiger partial charge in [0.05, 0.1) is 6.42 Å². The van der Waals surface area contributed by atoms with Crippen LogP contribution in [0.25, 0.3) is 0 Å². The highest BCUT2D eigenvalue weighted by atomic mass is 16.4. The summed E-state index contributed by atoms with van der Waals surface area (Å²) in [6, 6.07) is -1.16. The van der Waals surface area contributed by atoms with E-state index in [1.54, 1.807) is 0 Å². The summed E-state index contributed by atoms with van der Waals surface area (Å²) < 4.78 is 0. The van der Waals surface area contributed by atoms with Gasteiger partial charge < -0.3 is 21.7 Å². The van der Waals surface area contributed by atoms with Gasteiger partial charge in [-0.3, -0.25) is 14.4 Å². The van der Waals surface area contributed by atoms with Crippen molar-refractivity contribution in [1.29, 1.82) is 0 Å². The van der Waals surface area contributed by atoms with Gasteiger partial charge in [0.1, 0.15) is 6.04 Å². The number of hydrogen-bond donors (Lipinski definition) is 4. The fourth-order valence-corrected chi connectivity index (χ4v) is 2.95. The second kappa shape index (κ2) is 22.7. The fraction of sp³-hybridized carbons (Fsp3) is 0.864. The molecule has 0 saturated carbocycles. The summed E-state index contributed by atoms with van der Waals surface area (Å²) in [6.45, 7) is 2.27. The number of primary amides is 1. The highest BCUT2D eigenvalue weighted by Gasteiger charge is 2.13. The van der Waals surface area contributed by atoms with Crippen LogP contribution in [-0.4, -0.2) is 34.1 Å². The fourth-order valence-electron chi connectivity index (χ4n) is 2.95. The van der Waals surface area contributed by atoms with Crippen LogP contribution in [0.4, 0.5) is 0 Å². The molecular weight excluding hydrogens is 372 g/mol. The first kappa shape index (κ1) is 29.6. The predicted molar refractivity (Wildman–Crippen MR) is 117 cm³/mol. The zero-order valence-electron chi connectivity index (χ0n) is 18.4. The summed E-state index contributed by atoms with van der Waals surface area (Å²) in [5.41, 5.74) is 9.57. The maximum Gasteiger partial charge on any atom is 0.321 e. The van der Waals surface area contributed by atoms with E-state index in [0.29, 0.717) is 6.42 Å². The van der Waals surface area contributed by atoms with Crippen molar-refractivity contribution in [2.45, 2.75) is 122 Å². The van der Waals surface area contributed by atoms with E-state index in [1.807, 2.05) is 0 Å². The van der Waals surface area contributed by atoms with Gasteiger partial charge in [0.2, 0.25) is 5.91 Å². The highest BCUT2D eigenvalue weighted by Crippen LogP contribution is 2.13. The van der Waals surface area contributed by atoms with Crippen LogP contribution in [-0.2, 0) is 14.4 Å². The Hall–Kier alpha value is -1.63. The Morgan fingerprint density at radius 2 is 1.03 bits per heavy atom. The highest BCUT2D eigenvalue weighted by molar-refractivity contribution is 5.83. The van der Waals surface area contributed by atoms with Crippen molar-refractivity contribution < 1.29 is 24.6 Å². The molecule has 0 aliphatic carbocycles. The predicted octanol–water partition coefficient (Wildman–Crippen LogP) is 4.61. The van der Waals surface area contributed by atoms with Crippen LogP contribution in [0.1, 0.15) is 116 Å². The van der Waals surface area contributed by atoms with Gasteiger partial charge in [0.25, 0.3) is 0 Å². The van der Waals surface area contributed by atoms with Gasteiger partial charge in [-0.2, -0.15) is 0 Å². The minimum absolute atomic E-state index is 0.310. The zero-order chi connectivity index (χ0) is 22.3. The molecule has 0 spiro atoms. The molecule has 0 aromatic carbocycles. The molecule has 0 aromatic rings. The number of carboxylic acids is 2. The number of aliphatic carboxylic acids is 2. The van der Waals surface area contributed by atoms with Crippen LogP contribution in [0.15, 0.2) is 0 Å². The molecule has 7 nitrogen and oxygen atoms in total. The summed E-state index contributed by atoms with van der Waals surface area (Å²) >= 11 is 0. The smallest absolute Gasteiger partial charge is 0.321 e. The van der Waals surface area contributed by atoms with Crippen LogP contribution in [0, 0.1) is 0 Å². The first-order valence-electron chi connectivity index (χ1n) is 11.3. The van der Waals surface area contributed by atoms with Crippen molar-refractivity contribution in [1.82, 2.24) is 0 Å². The van der Waals surface area contributed by atoms with Crippen molar-refractivity contribution in [2.24, 2.45) is 11.5 Å². The molecule has 0 fully saturated rings. The molecule has 0 heterocycles. The number of carbonyl (C=O) groups is 3. The molecule has 0 rings (SSSR count). The molecule has 0 aromatic heterocycles. The number of nitrogens with two attached hydrogens (primary N) is 2. The Morgan fingerprint density at radius 1 is 0.690 bits per heavy atom. The van der Waals surface area contributed by atoms with E-state index in [0.717, 1.165) is 12.8 Å². The monoisotopic (exact) mass is 416 g/mol. The second-order valence-corrected chi connectivity index (χ2v) is 7.71. The lowest BCUT2D eigenvalue weighted by molar-refractivity contribution is -0.140. The standard InChI is InChI=1S/C18H36O2.C4H8N2O3/c1-2-3-4-5-6-7-8-9-10-11-12-13-14-15-16-17-18(19)20;5-2(4(8)9)1-3(6)7/h2-17H2,1H3,(H,19,20);2H,1,5H2,(H2,6,7)(H,8,9)/t;2-/m.0/s1. The van der Waals surface area contributed by atoms with E-state index in [1.165, 1.54) is 83.5 Å². The molecule has 0 bridgehead atoms. The second-order valence-electron chi connectivity index (χ2n) is 7.71. The molecular formula is C22H44N2O5. The average Bonchev–Trinajstić information content (AvgIpc) is 2.64. The molecule has 0 saturated heterocycles. The lowest BCUT2D eigenvalue weighted by atomic mass is 10.0. The SMILES string of the molecule is CCCCCCCCCCCCCCCCCC(=O)O.NC(=O)C[C@H](N)C(=O)O. The van der Waals surface area contributed by atoms with Crippen molar-refractivity contribution in [3.63, 3.8) is 0 Å². The van der Waals surface area contributed by atoms with Gasteiger partial charge in [-0.05, 0) is 6.42 Å². The Morgan fingerprint density at radius 3 is 1.28 bits per heavy atom. The van der Waals surface area contributed by atoms with Crippen LogP contribution in [0.3, 0.4) is 0 Å². The molecule has 7 heteroatoms. The van der Waals surface area contributed by atoms with E-state index < -0.39 is 23.9 Å². The van der Waals surface area contributed by atoms with Gasteiger partial charge in [0, 0.05) is 6.42 Å². The number of hydrogen-bond acceptors (Lipinski definition) is 4. The lowest BCUT2D eigenvalue weighted by Crippen LogP contribution is -2.34. The largest absolute Gasteiger partial charge is 0.481 e. The molecule has 6 N–H and O–H groups in total. The molecule has 0 radical (unpaired) electrons. The maximum atomic E-state index is 10.3. The van der Waals surface area contributed by atoms with Crippen LogP contribution in [0.2, 0.25) is 0 Å². The maximum absolute atomic E-state index is 10.3. The van der Waals surface area contributed by atoms with Crippen molar-refractivity contribution in [3.05, 3.63) is 0 Å². The number of unbranched alkanes of at least 4 members (excludes halogenated alkanes) is 14. The van der Waals surface area contributed by atoms with E-state index in [2.05, 4.69) is 12.7 Å². The summed E-state index contributed by atoms with van der Waals surface area (Å²) in [6.07, 6.45) is 19.9. The van der Waals surface area contributed by atoms with Crippen LogP contribution < -0.4 is 11.5 Å². The van der Waals surface area contributed by atoms with Gasteiger partial charge in [-0.25, -0.2) is 0 Å². The lowest BCUT2D eigenvalue weighted by Gasteiger charge is -2.03. The molecule has 0 unspecified atom stereocenters. The molecule has 1 atom stereocenters. The average molecular weight is 417 g/mol. The molecule has 0 aliphatic heterocycles. The Bertz CT molecular complexity index is 416. The zero-order valence-corrected chi connectivity index (χ0v) is 18.4. The van der Waals surface area contributed by atoms with Crippen LogP contribution in [0.5, 0.6) is 0 Å². The minimum Gasteiger partial charge on any atom is -0.481 e. The number of rotatable bonds is 19. The summed E-state index contributed by atoms with van der Waals surface area (Å²) in [7, 11) is 0. The molecule has 172 valence electrons. The summed E-state index contributed by atoms with van der Waals surface area (Å²) in [5.74, 6) is -2.57. The topological polar surface area (TPSA) is 144 Å². The van der Waals surface area contributed by atoms with Gasteiger partial charge in [-0.1, -0.05) is 96.8 Å². The van der Waals surface area contributed by atoms with Crippen molar-refractivity contribution >= 4 is 17.8 Å². The first-order valence-corrected chi connectivity index (χ1v) is 11.3. The number of amides is 1. The van der Waals surface area contributed by atoms with Gasteiger partial charge >= 0.3 is 11.9 Å². The van der Waals surface area contributed by atoms with E-state index in [4.69, 9.17) is 15.9 Å². The molecule has 1 amide bonds. The quantitative estimate of drug-likeness (QED) is 0.226. The van der Waals surface area contributed by atoms with E-state index in [9.17, 15) is 14.4 Å². The van der Waals surface area contributed by atoms with E-state index in [-0.39, 0.29) is 6.42 Å². The normalized spacial score (nSPS) is 11.4. The Labute approximate surface area is 176 Å². The molecule has 29 heavy (non-hydrogen) atoms. The number of carboxylic acid groups (broad SMARTS) is 2. The third-order valence-electron chi connectivity index (χ3n) is 4.73. The van der Waals surface area contributed by atoms with Gasteiger partial charge in [-0.15, -0.1) is 0 Å². The van der Waals surface area contributed by atoms with E-state index >= 15 is 0 Å². The summed E-state index contributed by atoms with van der Waals surface area (Å²) in [4.78, 5) is 30.2. The summed E-state index contributed by atoms with van der Waals surface area (Å²) in [5, 5.41) is 16.6. The molecule has 0 aliphatic rings. The van der Waals surface area contributed by atoms with Gasteiger partial charge in [0.15, 0.2) is 0 Å². The first-order chi connectivity index (χ1) is 13.8. The van der Waals surface area contributed by atoms with Crippen LogP contribution >= 0.6 is 0 Å². The number of carbonyl (C=O) groups excluding carboxylic acids is 1. The Kier molecular flexibility index (Phi) is 23.1. The Balaban J connectivity index is 0. The minimum atomic E-state index is -1.21. The third kappa shape index (κ3) is 28.7. The third-order valence-corrected chi connectivity index (χ3v) is 4.73. The van der Waals surface area contributed by atoms with Crippen molar-refractivity contribution in [2.75, 3.05) is 0 Å². The van der Waals surface area contributed by atoms with Crippen molar-refractivity contribution in [3.8, 4) is 0 Å².